The molecule has 0 aliphatic heterocycles. The van der Waals surface area contributed by atoms with E-state index in [9.17, 15) is 5.26 Å². The van der Waals surface area contributed by atoms with E-state index in [0.29, 0.717) is 5.56 Å². The molecule has 0 saturated carbocycles. The summed E-state index contributed by atoms with van der Waals surface area (Å²) in [4.78, 5) is 1.39. The lowest BCUT2D eigenvalue weighted by Crippen LogP contribution is -1.99. The molecule has 0 spiro atoms. The van der Waals surface area contributed by atoms with Crippen LogP contribution in [-0.4, -0.2) is 4.57 Å². The summed E-state index contributed by atoms with van der Waals surface area (Å²) in [6.45, 7) is 0. The zero-order valence-electron chi connectivity index (χ0n) is 18.9. The van der Waals surface area contributed by atoms with Crippen molar-refractivity contribution in [1.82, 2.24) is 4.57 Å². The third kappa shape index (κ3) is 3.01. The first-order valence-electron chi connectivity index (χ1n) is 11.7. The molecule has 0 amide bonds. The van der Waals surface area contributed by atoms with Gasteiger partial charge in [-0.2, -0.15) is 5.26 Å². The van der Waals surface area contributed by atoms with Crippen molar-refractivity contribution in [2.45, 2.75) is 6.42 Å². The lowest BCUT2D eigenvalue weighted by Gasteiger charge is -2.16. The van der Waals surface area contributed by atoms with Gasteiger partial charge < -0.3 is 4.57 Å². The van der Waals surface area contributed by atoms with Crippen LogP contribution in [0.1, 0.15) is 16.0 Å². The summed E-state index contributed by atoms with van der Waals surface area (Å²) in [5.74, 6) is 0. The molecule has 2 heterocycles. The molecule has 35 heavy (non-hydrogen) atoms. The molecule has 0 radical (unpaired) electrons. The summed E-state index contributed by atoms with van der Waals surface area (Å²) in [5.41, 5.74) is 7.33. The lowest BCUT2D eigenvalue weighted by atomic mass is 9.96. The summed E-state index contributed by atoms with van der Waals surface area (Å²) in [6, 6.07) is 32.2. The van der Waals surface area contributed by atoms with Crippen molar-refractivity contribution in [3.63, 3.8) is 0 Å². The van der Waals surface area contributed by atoms with E-state index in [4.69, 9.17) is 0 Å². The van der Waals surface area contributed by atoms with Crippen molar-refractivity contribution >= 4 is 49.3 Å². The minimum Gasteiger partial charge on any atom is -0.309 e. The highest BCUT2D eigenvalue weighted by Crippen LogP contribution is 2.41. The van der Waals surface area contributed by atoms with Crippen molar-refractivity contribution in [3.8, 4) is 22.9 Å². The first-order chi connectivity index (χ1) is 17.3. The Kier molecular flexibility index (Phi) is 4.48. The second-order valence-corrected chi connectivity index (χ2v) is 9.96. The summed E-state index contributed by atoms with van der Waals surface area (Å²) in [7, 11) is 0. The molecule has 0 saturated heterocycles. The third-order valence-corrected chi connectivity index (χ3v) is 8.10. The SMILES string of the molecule is N#Cc1cccc(-n2c3ccccc3c3ccccc32)c1-c1ccc2sc3c(c2c1)C=CC=CC3. The molecule has 6 aromatic rings. The van der Waals surface area contributed by atoms with Gasteiger partial charge in [-0.3, -0.25) is 0 Å². The van der Waals surface area contributed by atoms with Gasteiger partial charge in [0.25, 0.3) is 0 Å². The number of hydrogen-bond acceptors (Lipinski definition) is 2. The van der Waals surface area contributed by atoms with E-state index in [1.54, 1.807) is 0 Å². The van der Waals surface area contributed by atoms with Crippen molar-refractivity contribution in [1.29, 1.82) is 5.26 Å². The van der Waals surface area contributed by atoms with Crippen molar-refractivity contribution in [3.05, 3.63) is 119 Å². The molecular formula is C32H20N2S. The number of para-hydroxylation sites is 2. The maximum absolute atomic E-state index is 10.2. The van der Waals surface area contributed by atoms with E-state index < -0.39 is 0 Å². The average Bonchev–Trinajstić information content (AvgIpc) is 3.32. The molecule has 1 aliphatic rings. The average molecular weight is 465 g/mol. The smallest absolute Gasteiger partial charge is 0.0998 e. The van der Waals surface area contributed by atoms with E-state index in [2.05, 4.69) is 108 Å². The molecule has 2 aromatic heterocycles. The number of aromatic nitrogens is 1. The highest BCUT2D eigenvalue weighted by molar-refractivity contribution is 7.19. The van der Waals surface area contributed by atoms with Gasteiger partial charge in [-0.1, -0.05) is 72.8 Å². The highest BCUT2D eigenvalue weighted by atomic mass is 32.1. The Balaban J connectivity index is 1.56. The maximum Gasteiger partial charge on any atom is 0.0998 e. The molecule has 0 N–H and O–H groups in total. The number of nitriles is 1. The Morgan fingerprint density at radius 2 is 1.54 bits per heavy atom. The van der Waals surface area contributed by atoms with Crippen LogP contribution in [0.5, 0.6) is 0 Å². The van der Waals surface area contributed by atoms with Crippen LogP contribution in [0.25, 0.3) is 54.8 Å². The number of thiophene rings is 1. The quantitative estimate of drug-likeness (QED) is 0.252. The van der Waals surface area contributed by atoms with E-state index >= 15 is 0 Å². The van der Waals surface area contributed by atoms with Gasteiger partial charge in [0.2, 0.25) is 0 Å². The second-order valence-electron chi connectivity index (χ2n) is 8.82. The van der Waals surface area contributed by atoms with Gasteiger partial charge in [0, 0.05) is 37.7 Å². The predicted molar refractivity (Wildman–Crippen MR) is 148 cm³/mol. The van der Waals surface area contributed by atoms with Gasteiger partial charge in [0.15, 0.2) is 0 Å². The summed E-state index contributed by atoms with van der Waals surface area (Å²) in [5, 5.41) is 13.8. The van der Waals surface area contributed by atoms with E-state index in [0.717, 1.165) is 34.3 Å². The lowest BCUT2D eigenvalue weighted by molar-refractivity contribution is 1.18. The van der Waals surface area contributed by atoms with Gasteiger partial charge in [-0.05, 0) is 47.5 Å². The molecule has 0 atom stereocenters. The molecule has 7 rings (SSSR count). The minimum absolute atomic E-state index is 0.683. The van der Waals surface area contributed by atoms with Crippen LogP contribution >= 0.6 is 11.3 Å². The zero-order chi connectivity index (χ0) is 23.4. The fourth-order valence-electron chi connectivity index (χ4n) is 5.37. The number of fused-ring (bicyclic) bond motifs is 6. The molecule has 0 fully saturated rings. The number of rotatable bonds is 2. The Bertz CT molecular complexity index is 1840. The first kappa shape index (κ1) is 20.0. The van der Waals surface area contributed by atoms with Gasteiger partial charge >= 0.3 is 0 Å². The fourth-order valence-corrected chi connectivity index (χ4v) is 6.52. The minimum atomic E-state index is 0.683. The molecule has 0 unspecified atom stereocenters. The van der Waals surface area contributed by atoms with Crippen molar-refractivity contribution < 1.29 is 0 Å². The topological polar surface area (TPSA) is 28.7 Å². The maximum atomic E-state index is 10.2. The normalized spacial score (nSPS) is 12.8. The van der Waals surface area contributed by atoms with Crippen LogP contribution in [0.3, 0.4) is 0 Å². The predicted octanol–water partition coefficient (Wildman–Crippen LogP) is 8.66. The molecular weight excluding hydrogens is 444 g/mol. The fraction of sp³-hybridized carbons (Fsp3) is 0.0312. The molecule has 2 nitrogen and oxygen atoms in total. The van der Waals surface area contributed by atoms with E-state index in [1.807, 2.05) is 23.5 Å². The first-order valence-corrected chi connectivity index (χ1v) is 12.6. The molecule has 1 aliphatic carbocycles. The van der Waals surface area contributed by atoms with Gasteiger partial charge in [0.05, 0.1) is 28.4 Å². The molecule has 0 bridgehead atoms. The summed E-state index contributed by atoms with van der Waals surface area (Å²) >= 11 is 1.86. The monoisotopic (exact) mass is 464 g/mol. The van der Waals surface area contributed by atoms with Crippen molar-refractivity contribution in [2.75, 3.05) is 0 Å². The Morgan fingerprint density at radius 3 is 2.31 bits per heavy atom. The van der Waals surface area contributed by atoms with Gasteiger partial charge in [-0.15, -0.1) is 11.3 Å². The van der Waals surface area contributed by atoms with Gasteiger partial charge in [-0.25, -0.2) is 0 Å². The second kappa shape index (κ2) is 7.84. The van der Waals surface area contributed by atoms with Crippen LogP contribution in [-0.2, 0) is 6.42 Å². The van der Waals surface area contributed by atoms with Crippen LogP contribution in [0.15, 0.2) is 103 Å². The standard InChI is InChI=1S/C32H20N2S/c33-20-22-9-8-15-29(34-27-13-6-4-10-23(27)24-11-5-7-14-28(24)34)32(22)21-17-18-31-26(19-21)25-12-2-1-3-16-30(25)35-31/h1-15,17-19H,16H2. The largest absolute Gasteiger partial charge is 0.309 e. The van der Waals surface area contributed by atoms with Gasteiger partial charge in [0.1, 0.15) is 0 Å². The van der Waals surface area contributed by atoms with Crippen LogP contribution in [0, 0.1) is 11.3 Å². The Hall–Kier alpha value is -4.39. The van der Waals surface area contributed by atoms with E-state index in [1.165, 1.54) is 31.3 Å². The van der Waals surface area contributed by atoms with E-state index in [-0.39, 0.29) is 0 Å². The summed E-state index contributed by atoms with van der Waals surface area (Å²) < 4.78 is 3.59. The van der Waals surface area contributed by atoms with Crippen LogP contribution in [0.4, 0.5) is 0 Å². The third-order valence-electron chi connectivity index (χ3n) is 6.89. The molecule has 164 valence electrons. The Labute approximate surface area is 207 Å². The molecule has 4 aromatic carbocycles. The number of nitrogens with zero attached hydrogens (tertiary/aromatic N) is 2. The van der Waals surface area contributed by atoms with Crippen LogP contribution in [0.2, 0.25) is 0 Å². The van der Waals surface area contributed by atoms with Crippen LogP contribution < -0.4 is 0 Å². The zero-order valence-corrected chi connectivity index (χ0v) is 19.7. The van der Waals surface area contributed by atoms with Crippen molar-refractivity contribution in [2.24, 2.45) is 0 Å². The number of benzene rings is 4. The Morgan fingerprint density at radius 1 is 0.771 bits per heavy atom. The highest BCUT2D eigenvalue weighted by Gasteiger charge is 2.19. The number of allylic oxidation sites excluding steroid dienone is 3. The summed E-state index contributed by atoms with van der Waals surface area (Å²) in [6.07, 6.45) is 9.62. The molecule has 3 heteroatoms. The number of hydrogen-bond donors (Lipinski definition) is 0.